The molecule has 1 aliphatic heterocycles. The van der Waals surface area contributed by atoms with Crippen LogP contribution in [0.4, 0.5) is 0 Å². The zero-order valence-electron chi connectivity index (χ0n) is 8.43. The van der Waals surface area contributed by atoms with E-state index < -0.39 is 0 Å². The highest BCUT2D eigenvalue weighted by atomic mass is 14.9. The highest BCUT2D eigenvalue weighted by Crippen LogP contribution is 2.25. The van der Waals surface area contributed by atoms with Gasteiger partial charge in [0.15, 0.2) is 0 Å². The molecule has 1 N–H and O–H groups in total. The number of hydrogen-bond acceptors (Lipinski definition) is 1. The van der Waals surface area contributed by atoms with Crippen LogP contribution < -0.4 is 5.32 Å². The van der Waals surface area contributed by atoms with Gasteiger partial charge in [0.05, 0.1) is 0 Å². The van der Waals surface area contributed by atoms with E-state index in [2.05, 4.69) is 37.4 Å². The lowest BCUT2D eigenvalue weighted by Crippen LogP contribution is -2.29. The van der Waals surface area contributed by atoms with E-state index in [0.29, 0.717) is 6.04 Å². The average molecular weight is 175 g/mol. The molecule has 0 radical (unpaired) electrons. The maximum atomic E-state index is 3.54. The molecule has 13 heavy (non-hydrogen) atoms. The third-order valence-corrected chi connectivity index (χ3v) is 2.87. The van der Waals surface area contributed by atoms with Crippen molar-refractivity contribution < 1.29 is 0 Å². The first-order chi connectivity index (χ1) is 6.31. The second kappa shape index (κ2) is 3.51. The average Bonchev–Trinajstić information content (AvgIpc) is 2.16. The highest BCUT2D eigenvalue weighted by molar-refractivity contribution is 5.35. The first-order valence-electron chi connectivity index (χ1n) is 5.14. The lowest BCUT2D eigenvalue weighted by atomic mass is 9.92. The van der Waals surface area contributed by atoms with Gasteiger partial charge in [-0.15, -0.1) is 0 Å². The van der Waals surface area contributed by atoms with Crippen molar-refractivity contribution in [3.8, 4) is 0 Å². The van der Waals surface area contributed by atoms with E-state index in [1.165, 1.54) is 24.0 Å². The van der Waals surface area contributed by atoms with Crippen LogP contribution in [0, 0.1) is 6.92 Å². The molecule has 0 aromatic heterocycles. The topological polar surface area (TPSA) is 12.0 Å². The first-order valence-corrected chi connectivity index (χ1v) is 5.14. The fourth-order valence-corrected chi connectivity index (χ4v) is 2.15. The van der Waals surface area contributed by atoms with Gasteiger partial charge < -0.3 is 5.32 Å². The van der Waals surface area contributed by atoms with Crippen molar-refractivity contribution in [3.63, 3.8) is 0 Å². The van der Waals surface area contributed by atoms with Crippen molar-refractivity contribution in [1.82, 2.24) is 5.32 Å². The van der Waals surface area contributed by atoms with E-state index >= 15 is 0 Å². The van der Waals surface area contributed by atoms with Crippen LogP contribution in [0.1, 0.15) is 36.1 Å². The lowest BCUT2D eigenvalue weighted by Gasteiger charge is -2.26. The van der Waals surface area contributed by atoms with Crippen molar-refractivity contribution in [2.45, 2.75) is 32.7 Å². The van der Waals surface area contributed by atoms with Crippen LogP contribution in [0.15, 0.2) is 18.2 Å². The minimum absolute atomic E-state index is 0.587. The van der Waals surface area contributed by atoms with E-state index in [1.54, 1.807) is 5.56 Å². The molecule has 0 saturated carbocycles. The molecule has 0 spiro atoms. The molecule has 1 heterocycles. The molecule has 1 aromatic rings. The first kappa shape index (κ1) is 8.76. The van der Waals surface area contributed by atoms with E-state index in [9.17, 15) is 0 Å². The molecular weight excluding hydrogens is 158 g/mol. The van der Waals surface area contributed by atoms with Gasteiger partial charge in [-0.2, -0.15) is 0 Å². The largest absolute Gasteiger partial charge is 0.310 e. The van der Waals surface area contributed by atoms with E-state index in [1.807, 2.05) is 0 Å². The fraction of sp³-hybridized carbons (Fsp3) is 0.500. The van der Waals surface area contributed by atoms with Gasteiger partial charge in [0.2, 0.25) is 0 Å². The van der Waals surface area contributed by atoms with Gasteiger partial charge in [-0.05, 0) is 37.4 Å². The third kappa shape index (κ3) is 1.61. The summed E-state index contributed by atoms with van der Waals surface area (Å²) in [5.41, 5.74) is 4.44. The zero-order valence-corrected chi connectivity index (χ0v) is 8.43. The van der Waals surface area contributed by atoms with Crippen LogP contribution in [-0.2, 0) is 6.42 Å². The van der Waals surface area contributed by atoms with Gasteiger partial charge in [-0.3, -0.25) is 0 Å². The second-order valence-corrected chi connectivity index (χ2v) is 3.87. The molecule has 1 aliphatic rings. The number of benzene rings is 1. The zero-order chi connectivity index (χ0) is 9.26. The molecule has 0 aliphatic carbocycles. The van der Waals surface area contributed by atoms with Crippen molar-refractivity contribution in [1.29, 1.82) is 0 Å². The summed E-state index contributed by atoms with van der Waals surface area (Å²) < 4.78 is 0. The molecule has 70 valence electrons. The predicted molar refractivity (Wildman–Crippen MR) is 55.9 cm³/mol. The Morgan fingerprint density at radius 2 is 2.31 bits per heavy atom. The Hall–Kier alpha value is -0.820. The summed E-state index contributed by atoms with van der Waals surface area (Å²) in [6.45, 7) is 5.55. The smallest absolute Gasteiger partial charge is 0.0320 e. The van der Waals surface area contributed by atoms with Crippen molar-refractivity contribution in [3.05, 3.63) is 34.9 Å². The number of aryl methyl sites for hydroxylation is 1. The number of hydrogen-bond donors (Lipinski definition) is 1. The van der Waals surface area contributed by atoms with E-state index in [4.69, 9.17) is 0 Å². The molecule has 1 atom stereocenters. The van der Waals surface area contributed by atoms with Crippen LogP contribution in [0.25, 0.3) is 0 Å². The molecule has 0 bridgehead atoms. The Balaban J connectivity index is 2.40. The summed E-state index contributed by atoms with van der Waals surface area (Å²) in [7, 11) is 0. The minimum Gasteiger partial charge on any atom is -0.310 e. The van der Waals surface area contributed by atoms with Crippen LogP contribution >= 0.6 is 0 Å². The Labute approximate surface area is 80.2 Å². The Bertz CT molecular complexity index is 304. The SMILES string of the molecule is CCC1NCCc2cc(C)ccc21. The second-order valence-electron chi connectivity index (χ2n) is 3.87. The molecule has 1 nitrogen and oxygen atoms in total. The minimum atomic E-state index is 0.587. The molecule has 0 amide bonds. The number of fused-ring (bicyclic) bond motifs is 1. The fourth-order valence-electron chi connectivity index (χ4n) is 2.15. The standard InChI is InChI=1S/C12H17N/c1-3-12-11-5-4-9(2)8-10(11)6-7-13-12/h4-5,8,12-13H,3,6-7H2,1-2H3. The Morgan fingerprint density at radius 3 is 3.08 bits per heavy atom. The summed E-state index contributed by atoms with van der Waals surface area (Å²) in [5, 5.41) is 3.54. The summed E-state index contributed by atoms with van der Waals surface area (Å²) in [5.74, 6) is 0. The molecule has 1 heteroatoms. The van der Waals surface area contributed by atoms with Crippen LogP contribution in [0.2, 0.25) is 0 Å². The van der Waals surface area contributed by atoms with Gasteiger partial charge in [0, 0.05) is 6.04 Å². The molecule has 0 saturated heterocycles. The maximum absolute atomic E-state index is 3.54. The summed E-state index contributed by atoms with van der Waals surface area (Å²) in [4.78, 5) is 0. The van der Waals surface area contributed by atoms with Gasteiger partial charge >= 0.3 is 0 Å². The van der Waals surface area contributed by atoms with Crippen molar-refractivity contribution in [2.75, 3.05) is 6.54 Å². The molecular formula is C12H17N. The Morgan fingerprint density at radius 1 is 1.46 bits per heavy atom. The van der Waals surface area contributed by atoms with Crippen molar-refractivity contribution >= 4 is 0 Å². The highest BCUT2D eigenvalue weighted by Gasteiger charge is 2.17. The predicted octanol–water partition coefficient (Wildman–Crippen LogP) is 2.59. The van der Waals surface area contributed by atoms with Gasteiger partial charge in [-0.25, -0.2) is 0 Å². The van der Waals surface area contributed by atoms with E-state index in [-0.39, 0.29) is 0 Å². The maximum Gasteiger partial charge on any atom is 0.0320 e. The van der Waals surface area contributed by atoms with Crippen LogP contribution in [0.3, 0.4) is 0 Å². The summed E-state index contributed by atoms with van der Waals surface area (Å²) in [6.07, 6.45) is 2.38. The number of nitrogens with one attached hydrogen (secondary N) is 1. The normalized spacial score (nSPS) is 21.2. The number of rotatable bonds is 1. The van der Waals surface area contributed by atoms with Gasteiger partial charge in [-0.1, -0.05) is 30.7 Å². The molecule has 0 fully saturated rings. The van der Waals surface area contributed by atoms with Gasteiger partial charge in [0.1, 0.15) is 0 Å². The monoisotopic (exact) mass is 175 g/mol. The van der Waals surface area contributed by atoms with Gasteiger partial charge in [0.25, 0.3) is 0 Å². The van der Waals surface area contributed by atoms with Crippen LogP contribution in [0.5, 0.6) is 0 Å². The Kier molecular flexibility index (Phi) is 2.36. The lowest BCUT2D eigenvalue weighted by molar-refractivity contribution is 0.492. The van der Waals surface area contributed by atoms with Crippen molar-refractivity contribution in [2.24, 2.45) is 0 Å². The summed E-state index contributed by atoms with van der Waals surface area (Å²) >= 11 is 0. The van der Waals surface area contributed by atoms with E-state index in [0.717, 1.165) is 6.54 Å². The molecule has 2 rings (SSSR count). The molecule has 1 unspecified atom stereocenters. The van der Waals surface area contributed by atoms with Crippen LogP contribution in [-0.4, -0.2) is 6.54 Å². The molecule has 1 aromatic carbocycles. The summed E-state index contributed by atoms with van der Waals surface area (Å²) in [6, 6.07) is 7.42. The third-order valence-electron chi connectivity index (χ3n) is 2.87. The quantitative estimate of drug-likeness (QED) is 0.691.